The summed E-state index contributed by atoms with van der Waals surface area (Å²) in [5, 5.41) is 7.50. The van der Waals surface area contributed by atoms with Gasteiger partial charge in [-0.3, -0.25) is 4.79 Å². The molecule has 5 heteroatoms. The molecule has 0 aliphatic heterocycles. The number of benzene rings is 1. The van der Waals surface area contributed by atoms with Crippen molar-refractivity contribution in [2.45, 2.75) is 46.2 Å². The molecule has 0 saturated carbocycles. The lowest BCUT2D eigenvalue weighted by Crippen LogP contribution is -2.22. The molecule has 0 fully saturated rings. The van der Waals surface area contributed by atoms with E-state index in [1.165, 1.54) is 11.8 Å². The van der Waals surface area contributed by atoms with Gasteiger partial charge in [-0.05, 0) is 38.0 Å². The lowest BCUT2D eigenvalue weighted by atomic mass is 10.1. The predicted octanol–water partition coefficient (Wildman–Crippen LogP) is 4.08. The Bertz CT molecular complexity index is 638. The van der Waals surface area contributed by atoms with E-state index in [0.717, 1.165) is 22.7 Å². The molecule has 1 heterocycles. The molecule has 2 atom stereocenters. The molecule has 1 aromatic heterocycles. The van der Waals surface area contributed by atoms with Gasteiger partial charge in [0.1, 0.15) is 5.01 Å². The first-order chi connectivity index (χ1) is 10.5. The molecule has 0 saturated heterocycles. The number of hydrogen-bond acceptors (Lipinski definition) is 4. The van der Waals surface area contributed by atoms with E-state index in [1.807, 2.05) is 24.4 Å². The van der Waals surface area contributed by atoms with Crippen LogP contribution in [0, 0.1) is 0 Å². The number of aromatic nitrogens is 1. The predicted molar refractivity (Wildman–Crippen MR) is 92.2 cm³/mol. The Balaban J connectivity index is 2.04. The van der Waals surface area contributed by atoms with Crippen LogP contribution in [-0.4, -0.2) is 10.9 Å². The lowest BCUT2D eigenvalue weighted by Gasteiger charge is -2.19. The molecular weight excluding hydrogens is 294 g/mol. The van der Waals surface area contributed by atoms with Crippen molar-refractivity contribution < 1.29 is 4.79 Å². The van der Waals surface area contributed by atoms with E-state index < -0.39 is 0 Å². The van der Waals surface area contributed by atoms with Crippen LogP contribution in [0.4, 0.5) is 5.69 Å². The van der Waals surface area contributed by atoms with Crippen molar-refractivity contribution in [2.24, 2.45) is 0 Å². The standard InChI is InChI=1S/C17H23N3OS/c1-5-16-10-18-17(22-16)12(3)19-11(2)14-7-6-8-15(9-14)20-13(4)21/h6-12,19H,5H2,1-4H3,(H,20,21). The summed E-state index contributed by atoms with van der Waals surface area (Å²) < 4.78 is 0. The van der Waals surface area contributed by atoms with Crippen LogP contribution in [0.25, 0.3) is 0 Å². The monoisotopic (exact) mass is 317 g/mol. The summed E-state index contributed by atoms with van der Waals surface area (Å²) in [6.07, 6.45) is 2.99. The van der Waals surface area contributed by atoms with Crippen molar-refractivity contribution in [2.75, 3.05) is 5.32 Å². The average Bonchev–Trinajstić information content (AvgIpc) is 2.95. The molecule has 2 rings (SSSR count). The van der Waals surface area contributed by atoms with Gasteiger partial charge in [0.05, 0.1) is 6.04 Å². The fraction of sp³-hybridized carbons (Fsp3) is 0.412. The highest BCUT2D eigenvalue weighted by molar-refractivity contribution is 7.11. The highest BCUT2D eigenvalue weighted by Crippen LogP contribution is 2.24. The van der Waals surface area contributed by atoms with E-state index in [9.17, 15) is 4.79 Å². The first-order valence-electron chi connectivity index (χ1n) is 7.57. The average molecular weight is 317 g/mol. The van der Waals surface area contributed by atoms with Gasteiger partial charge in [0.2, 0.25) is 5.91 Å². The number of anilines is 1. The summed E-state index contributed by atoms with van der Waals surface area (Å²) in [7, 11) is 0. The second-order valence-electron chi connectivity index (χ2n) is 5.44. The van der Waals surface area contributed by atoms with Crippen LogP contribution < -0.4 is 10.6 Å². The van der Waals surface area contributed by atoms with E-state index >= 15 is 0 Å². The van der Waals surface area contributed by atoms with Crippen molar-refractivity contribution >= 4 is 22.9 Å². The Labute approximate surface area is 136 Å². The van der Waals surface area contributed by atoms with Crippen molar-refractivity contribution in [1.29, 1.82) is 0 Å². The zero-order chi connectivity index (χ0) is 16.1. The molecule has 0 bridgehead atoms. The maximum atomic E-state index is 11.2. The number of aryl methyl sites for hydroxylation is 1. The molecule has 2 N–H and O–H groups in total. The number of carbonyl (C=O) groups excluding carboxylic acids is 1. The Hall–Kier alpha value is -1.72. The van der Waals surface area contributed by atoms with E-state index in [0.29, 0.717) is 0 Å². The topological polar surface area (TPSA) is 54.0 Å². The number of amides is 1. The Morgan fingerprint density at radius 2 is 2.09 bits per heavy atom. The molecule has 22 heavy (non-hydrogen) atoms. The Kier molecular flexibility index (Phi) is 5.69. The van der Waals surface area contributed by atoms with Crippen LogP contribution in [0.15, 0.2) is 30.5 Å². The van der Waals surface area contributed by atoms with Crippen LogP contribution >= 0.6 is 11.3 Å². The third kappa shape index (κ3) is 4.39. The van der Waals surface area contributed by atoms with Crippen molar-refractivity contribution in [3.63, 3.8) is 0 Å². The van der Waals surface area contributed by atoms with Crippen LogP contribution in [0.5, 0.6) is 0 Å². The van der Waals surface area contributed by atoms with Gasteiger partial charge in [-0.25, -0.2) is 4.98 Å². The SMILES string of the molecule is CCc1cnc(C(C)NC(C)c2cccc(NC(C)=O)c2)s1. The van der Waals surface area contributed by atoms with E-state index in [2.05, 4.69) is 42.5 Å². The molecule has 1 aromatic carbocycles. The van der Waals surface area contributed by atoms with Crippen LogP contribution in [-0.2, 0) is 11.2 Å². The minimum Gasteiger partial charge on any atom is -0.326 e. The van der Waals surface area contributed by atoms with Gasteiger partial charge in [0, 0.05) is 29.7 Å². The molecule has 2 unspecified atom stereocenters. The summed E-state index contributed by atoms with van der Waals surface area (Å²) in [5.74, 6) is -0.0546. The first kappa shape index (κ1) is 16.6. The fourth-order valence-corrected chi connectivity index (χ4v) is 3.19. The highest BCUT2D eigenvalue weighted by atomic mass is 32.1. The highest BCUT2D eigenvalue weighted by Gasteiger charge is 2.14. The van der Waals surface area contributed by atoms with Gasteiger partial charge in [-0.1, -0.05) is 19.1 Å². The summed E-state index contributed by atoms with van der Waals surface area (Å²) in [5.41, 5.74) is 1.97. The second-order valence-corrected chi connectivity index (χ2v) is 6.58. The van der Waals surface area contributed by atoms with Gasteiger partial charge in [-0.15, -0.1) is 11.3 Å². The van der Waals surface area contributed by atoms with Crippen LogP contribution in [0.2, 0.25) is 0 Å². The summed E-state index contributed by atoms with van der Waals surface area (Å²) in [4.78, 5) is 17.0. The smallest absolute Gasteiger partial charge is 0.221 e. The number of hydrogen-bond donors (Lipinski definition) is 2. The molecule has 118 valence electrons. The molecule has 0 aliphatic rings. The summed E-state index contributed by atoms with van der Waals surface area (Å²) in [6.45, 7) is 7.92. The molecular formula is C17H23N3OS. The lowest BCUT2D eigenvalue weighted by molar-refractivity contribution is -0.114. The Morgan fingerprint density at radius 3 is 2.73 bits per heavy atom. The number of nitrogens with zero attached hydrogens (tertiary/aromatic N) is 1. The van der Waals surface area contributed by atoms with Crippen LogP contribution in [0.1, 0.15) is 55.2 Å². The van der Waals surface area contributed by atoms with Crippen molar-refractivity contribution in [1.82, 2.24) is 10.3 Å². The maximum Gasteiger partial charge on any atom is 0.221 e. The molecule has 1 amide bonds. The molecule has 4 nitrogen and oxygen atoms in total. The van der Waals surface area contributed by atoms with Crippen molar-refractivity contribution in [3.05, 3.63) is 45.9 Å². The zero-order valence-corrected chi connectivity index (χ0v) is 14.3. The number of nitrogens with one attached hydrogen (secondary N) is 2. The van der Waals surface area contributed by atoms with Gasteiger partial charge < -0.3 is 10.6 Å². The largest absolute Gasteiger partial charge is 0.326 e. The van der Waals surface area contributed by atoms with Crippen LogP contribution in [0.3, 0.4) is 0 Å². The van der Waals surface area contributed by atoms with Gasteiger partial charge in [-0.2, -0.15) is 0 Å². The van der Waals surface area contributed by atoms with E-state index in [4.69, 9.17) is 0 Å². The third-order valence-corrected chi connectivity index (χ3v) is 4.82. The minimum absolute atomic E-state index is 0.0546. The zero-order valence-electron chi connectivity index (χ0n) is 13.5. The minimum atomic E-state index is -0.0546. The summed E-state index contributed by atoms with van der Waals surface area (Å²) in [6, 6.07) is 8.31. The van der Waals surface area contributed by atoms with E-state index in [1.54, 1.807) is 11.3 Å². The van der Waals surface area contributed by atoms with Gasteiger partial charge in [0.15, 0.2) is 0 Å². The summed E-state index contributed by atoms with van der Waals surface area (Å²) >= 11 is 1.76. The molecule has 2 aromatic rings. The third-order valence-electron chi connectivity index (χ3n) is 3.50. The molecule has 0 aliphatic carbocycles. The van der Waals surface area contributed by atoms with Gasteiger partial charge in [0.25, 0.3) is 0 Å². The quantitative estimate of drug-likeness (QED) is 0.844. The number of carbonyl (C=O) groups is 1. The number of thiazole rings is 1. The van der Waals surface area contributed by atoms with E-state index in [-0.39, 0.29) is 18.0 Å². The normalized spacial score (nSPS) is 13.6. The Morgan fingerprint density at radius 1 is 1.32 bits per heavy atom. The number of rotatable bonds is 6. The molecule has 0 radical (unpaired) electrons. The van der Waals surface area contributed by atoms with Gasteiger partial charge >= 0.3 is 0 Å². The fourth-order valence-electron chi connectivity index (χ4n) is 2.32. The molecule has 0 spiro atoms. The second kappa shape index (κ2) is 7.51. The first-order valence-corrected chi connectivity index (χ1v) is 8.39. The maximum absolute atomic E-state index is 11.2. The van der Waals surface area contributed by atoms with Crippen molar-refractivity contribution in [3.8, 4) is 0 Å².